The minimum absolute atomic E-state index is 0.00264. The summed E-state index contributed by atoms with van der Waals surface area (Å²) in [6.07, 6.45) is 1.56. The summed E-state index contributed by atoms with van der Waals surface area (Å²) in [5.74, 6) is -1.74. The van der Waals surface area contributed by atoms with Crippen LogP contribution < -0.4 is 4.90 Å². The van der Waals surface area contributed by atoms with Crippen molar-refractivity contribution in [2.24, 2.45) is 0 Å². The van der Waals surface area contributed by atoms with Crippen molar-refractivity contribution in [3.63, 3.8) is 0 Å². The molecule has 1 aliphatic rings. The molecule has 0 spiro atoms. The van der Waals surface area contributed by atoms with Crippen LogP contribution in [0.15, 0.2) is 65.7 Å². The molecule has 1 fully saturated rings. The first-order valence-corrected chi connectivity index (χ1v) is 9.76. The zero-order chi connectivity index (χ0) is 19.8. The van der Waals surface area contributed by atoms with Crippen LogP contribution in [0.4, 0.5) is 5.13 Å². The smallest absolute Gasteiger partial charge is 0.301 e. The lowest BCUT2D eigenvalue weighted by atomic mass is 9.95. The highest BCUT2D eigenvalue weighted by molar-refractivity contribution is 7.14. The van der Waals surface area contributed by atoms with Crippen LogP contribution in [-0.2, 0) is 9.59 Å². The van der Waals surface area contributed by atoms with E-state index in [9.17, 15) is 14.7 Å². The fraction of sp³-hybridized carbons (Fsp3) is 0.0952. The summed E-state index contributed by atoms with van der Waals surface area (Å²) in [6.45, 7) is 1.93. The molecule has 4 rings (SSSR count). The van der Waals surface area contributed by atoms with Crippen LogP contribution in [0.5, 0.6) is 0 Å². The number of hydrogen-bond donors (Lipinski definition) is 1. The molecule has 3 aromatic rings. The molecule has 1 amide bonds. The number of halogens is 1. The Hall–Kier alpha value is -2.96. The molecule has 7 heteroatoms. The first-order chi connectivity index (χ1) is 13.5. The van der Waals surface area contributed by atoms with Gasteiger partial charge in [-0.15, -0.1) is 11.3 Å². The van der Waals surface area contributed by atoms with Crippen molar-refractivity contribution in [1.29, 1.82) is 0 Å². The Morgan fingerprint density at radius 3 is 2.50 bits per heavy atom. The number of nitrogens with zero attached hydrogens (tertiary/aromatic N) is 2. The Kier molecular flexibility index (Phi) is 4.75. The van der Waals surface area contributed by atoms with E-state index < -0.39 is 17.7 Å². The van der Waals surface area contributed by atoms with Gasteiger partial charge >= 0.3 is 5.91 Å². The maximum Gasteiger partial charge on any atom is 0.301 e. The van der Waals surface area contributed by atoms with Crippen molar-refractivity contribution in [1.82, 2.24) is 4.98 Å². The molecule has 2 aromatic carbocycles. The number of carbonyl (C=O) groups excluding carboxylic acids is 2. The highest BCUT2D eigenvalue weighted by Gasteiger charge is 2.48. The van der Waals surface area contributed by atoms with E-state index in [4.69, 9.17) is 11.6 Å². The topological polar surface area (TPSA) is 70.5 Å². The number of hydrogen-bond acceptors (Lipinski definition) is 5. The Morgan fingerprint density at radius 2 is 1.86 bits per heavy atom. The second-order valence-corrected chi connectivity index (χ2v) is 7.65. The fourth-order valence-corrected chi connectivity index (χ4v) is 4.13. The van der Waals surface area contributed by atoms with E-state index >= 15 is 0 Å². The lowest BCUT2D eigenvalue weighted by molar-refractivity contribution is -0.132. The number of aromatic nitrogens is 1. The summed E-state index contributed by atoms with van der Waals surface area (Å²) in [6, 6.07) is 13.2. The molecule has 1 saturated heterocycles. The molecular weight excluding hydrogens is 396 g/mol. The van der Waals surface area contributed by atoms with Gasteiger partial charge in [0.2, 0.25) is 0 Å². The third-order valence-electron chi connectivity index (χ3n) is 4.59. The average molecular weight is 411 g/mol. The zero-order valence-corrected chi connectivity index (χ0v) is 16.4. The fourth-order valence-electron chi connectivity index (χ4n) is 3.22. The van der Waals surface area contributed by atoms with Crippen molar-refractivity contribution in [3.8, 4) is 0 Å². The minimum atomic E-state index is -0.860. The van der Waals surface area contributed by atoms with Gasteiger partial charge in [-0.3, -0.25) is 14.5 Å². The van der Waals surface area contributed by atoms with Crippen LogP contribution in [0.3, 0.4) is 0 Å². The van der Waals surface area contributed by atoms with E-state index in [0.717, 1.165) is 5.56 Å². The standard InChI is InChI=1S/C21H15ClN2O3S/c1-12-6-8-13(9-7-12)18(25)16-17(14-4-2-3-5-15(14)22)24(20(27)19(16)26)21-23-10-11-28-21/h2-11,17,25H,1H3. The molecule has 1 atom stereocenters. The van der Waals surface area contributed by atoms with Gasteiger partial charge in [0.15, 0.2) is 5.13 Å². The highest BCUT2D eigenvalue weighted by atomic mass is 35.5. The number of ketones is 1. The quantitative estimate of drug-likeness (QED) is 0.385. The molecule has 0 bridgehead atoms. The minimum Gasteiger partial charge on any atom is -0.507 e. The van der Waals surface area contributed by atoms with Gasteiger partial charge in [0, 0.05) is 22.2 Å². The monoisotopic (exact) mass is 410 g/mol. The van der Waals surface area contributed by atoms with Gasteiger partial charge in [0.1, 0.15) is 5.76 Å². The van der Waals surface area contributed by atoms with Gasteiger partial charge in [-0.1, -0.05) is 59.6 Å². The van der Waals surface area contributed by atoms with Gasteiger partial charge in [-0.05, 0) is 18.6 Å². The van der Waals surface area contributed by atoms with Crippen molar-refractivity contribution in [3.05, 3.63) is 87.4 Å². The Bertz CT molecular complexity index is 1090. The number of aryl methyl sites for hydroxylation is 1. The predicted molar refractivity (Wildman–Crippen MR) is 110 cm³/mol. The van der Waals surface area contributed by atoms with E-state index in [1.165, 1.54) is 16.2 Å². The van der Waals surface area contributed by atoms with Gasteiger partial charge in [-0.25, -0.2) is 4.98 Å². The SMILES string of the molecule is Cc1ccc(C(O)=C2C(=O)C(=O)N(c3nccs3)C2c2ccccc2Cl)cc1. The van der Waals surface area contributed by atoms with Gasteiger partial charge in [0.05, 0.1) is 11.6 Å². The molecule has 1 unspecified atom stereocenters. The number of thiazole rings is 1. The summed E-state index contributed by atoms with van der Waals surface area (Å²) in [7, 11) is 0. The van der Waals surface area contributed by atoms with Crippen LogP contribution in [0, 0.1) is 6.92 Å². The van der Waals surface area contributed by atoms with Crippen molar-refractivity contribution < 1.29 is 14.7 Å². The van der Waals surface area contributed by atoms with Gasteiger partial charge in [0.25, 0.3) is 5.78 Å². The molecule has 0 aliphatic carbocycles. The van der Waals surface area contributed by atoms with Crippen LogP contribution in [-0.4, -0.2) is 21.8 Å². The highest BCUT2D eigenvalue weighted by Crippen LogP contribution is 2.44. The molecule has 1 N–H and O–H groups in total. The molecule has 140 valence electrons. The van der Waals surface area contributed by atoms with E-state index in [1.807, 2.05) is 19.1 Å². The van der Waals surface area contributed by atoms with E-state index in [-0.39, 0.29) is 11.3 Å². The lowest BCUT2D eigenvalue weighted by Crippen LogP contribution is -2.29. The molecule has 0 radical (unpaired) electrons. The van der Waals surface area contributed by atoms with Crippen LogP contribution in [0.1, 0.15) is 22.7 Å². The third-order valence-corrected chi connectivity index (χ3v) is 5.71. The van der Waals surface area contributed by atoms with Crippen LogP contribution in [0.25, 0.3) is 5.76 Å². The summed E-state index contributed by atoms with van der Waals surface area (Å²) in [5, 5.41) is 13.4. The van der Waals surface area contributed by atoms with Crippen LogP contribution >= 0.6 is 22.9 Å². The summed E-state index contributed by atoms with van der Waals surface area (Å²) < 4.78 is 0. The number of anilines is 1. The molecule has 1 aliphatic heterocycles. The number of aliphatic hydroxyl groups is 1. The first-order valence-electron chi connectivity index (χ1n) is 8.51. The normalized spacial score (nSPS) is 18.6. The van der Waals surface area contributed by atoms with Crippen molar-refractivity contribution in [2.45, 2.75) is 13.0 Å². The van der Waals surface area contributed by atoms with E-state index in [1.54, 1.807) is 48.0 Å². The number of amides is 1. The predicted octanol–water partition coefficient (Wildman–Crippen LogP) is 4.73. The Labute approximate surface area is 170 Å². The van der Waals surface area contributed by atoms with Crippen molar-refractivity contribution >= 4 is 45.5 Å². The van der Waals surface area contributed by atoms with Crippen LogP contribution in [0.2, 0.25) is 5.02 Å². The molecule has 2 heterocycles. The first kappa shape index (κ1) is 18.4. The van der Waals surface area contributed by atoms with E-state index in [2.05, 4.69) is 4.98 Å². The molecule has 5 nitrogen and oxygen atoms in total. The Balaban J connectivity index is 1.96. The maximum atomic E-state index is 12.9. The molecule has 28 heavy (non-hydrogen) atoms. The second-order valence-electron chi connectivity index (χ2n) is 6.37. The molecule has 0 saturated carbocycles. The Morgan fingerprint density at radius 1 is 1.14 bits per heavy atom. The average Bonchev–Trinajstić information content (AvgIpc) is 3.30. The third kappa shape index (κ3) is 3.00. The summed E-state index contributed by atoms with van der Waals surface area (Å²) >= 11 is 7.63. The van der Waals surface area contributed by atoms with E-state index in [0.29, 0.717) is 21.3 Å². The number of carbonyl (C=O) groups is 2. The summed E-state index contributed by atoms with van der Waals surface area (Å²) in [4.78, 5) is 31.3. The second kappa shape index (κ2) is 7.22. The molecule has 1 aromatic heterocycles. The van der Waals surface area contributed by atoms with Gasteiger partial charge < -0.3 is 5.11 Å². The number of benzene rings is 2. The molecular formula is C21H15ClN2O3S. The maximum absolute atomic E-state index is 12.9. The largest absolute Gasteiger partial charge is 0.507 e. The number of aliphatic hydroxyl groups excluding tert-OH is 1. The lowest BCUT2D eigenvalue weighted by Gasteiger charge is -2.23. The zero-order valence-electron chi connectivity index (χ0n) is 14.8. The van der Waals surface area contributed by atoms with Crippen molar-refractivity contribution in [2.75, 3.05) is 4.90 Å². The number of rotatable bonds is 3. The number of Topliss-reactive ketones (excluding diaryl/α,β-unsaturated/α-hetero) is 1. The van der Waals surface area contributed by atoms with Gasteiger partial charge in [-0.2, -0.15) is 0 Å². The summed E-state index contributed by atoms with van der Waals surface area (Å²) in [5.41, 5.74) is 2.02.